The maximum absolute atomic E-state index is 4.74. The maximum atomic E-state index is 4.74. The summed E-state index contributed by atoms with van der Waals surface area (Å²) in [5, 5.41) is 0. The molecule has 3 radical (unpaired) electrons. The number of hydrogen-bond donors (Lipinski definition) is 0. The molecule has 0 aliphatic rings. The molecular weight excluding hydrogens is 284 g/mol. The summed E-state index contributed by atoms with van der Waals surface area (Å²) in [6, 6.07) is 19.3. The van der Waals surface area contributed by atoms with Crippen LogP contribution in [0.3, 0.4) is 0 Å². The number of rotatable bonds is 3. The lowest BCUT2D eigenvalue weighted by Crippen LogP contribution is -2.16. The van der Waals surface area contributed by atoms with Gasteiger partial charge in [0.25, 0.3) is 0 Å². The molecule has 2 rings (SSSR count). The highest BCUT2D eigenvalue weighted by Gasteiger charge is 2.09. The van der Waals surface area contributed by atoms with Crippen LogP contribution in [0.25, 0.3) is 11.1 Å². The van der Waals surface area contributed by atoms with E-state index in [0.717, 1.165) is 0 Å². The Kier molecular flexibility index (Phi) is 7.56. The molecule has 22 heavy (non-hydrogen) atoms. The predicted molar refractivity (Wildman–Crippen MR) is 97.2 cm³/mol. The van der Waals surface area contributed by atoms with E-state index in [9.17, 15) is 0 Å². The zero-order valence-electron chi connectivity index (χ0n) is 14.4. The third-order valence-electron chi connectivity index (χ3n) is 3.50. The van der Waals surface area contributed by atoms with Crippen molar-refractivity contribution in [3.63, 3.8) is 0 Å². The fraction of sp³-hybridized carbons (Fsp3) is 0.400. The Morgan fingerprint density at radius 2 is 1.45 bits per heavy atom. The molecule has 1 atom stereocenters. The van der Waals surface area contributed by atoms with Gasteiger partial charge in [-0.05, 0) is 49.8 Å². The van der Waals surface area contributed by atoms with E-state index in [0.29, 0.717) is 5.92 Å². The average Bonchev–Trinajstić information content (AvgIpc) is 2.55. The SMILES string of the molecule is CC(C)(C)O[Si].CCC(C)c1ccccc1-c1ccccc1. The molecule has 0 saturated carbocycles. The van der Waals surface area contributed by atoms with Crippen LogP contribution in [0.4, 0.5) is 0 Å². The minimum atomic E-state index is -0.0448. The Hall–Kier alpha value is -1.38. The Morgan fingerprint density at radius 1 is 0.955 bits per heavy atom. The molecule has 2 heteroatoms. The van der Waals surface area contributed by atoms with Crippen LogP contribution in [-0.2, 0) is 4.43 Å². The molecule has 0 fully saturated rings. The summed E-state index contributed by atoms with van der Waals surface area (Å²) in [4.78, 5) is 0. The van der Waals surface area contributed by atoms with E-state index >= 15 is 0 Å². The van der Waals surface area contributed by atoms with Crippen LogP contribution < -0.4 is 0 Å². The van der Waals surface area contributed by atoms with Gasteiger partial charge in [-0.15, -0.1) is 0 Å². The molecule has 0 amide bonds. The first-order valence-corrected chi connectivity index (χ1v) is 8.29. The topological polar surface area (TPSA) is 9.23 Å². The normalized spacial score (nSPS) is 12.3. The quantitative estimate of drug-likeness (QED) is 0.656. The average molecular weight is 312 g/mol. The van der Waals surface area contributed by atoms with Crippen molar-refractivity contribution in [2.45, 2.75) is 52.6 Å². The van der Waals surface area contributed by atoms with Gasteiger partial charge in [-0.1, -0.05) is 68.4 Å². The molecule has 1 nitrogen and oxygen atoms in total. The van der Waals surface area contributed by atoms with Crippen LogP contribution in [-0.4, -0.2) is 16.1 Å². The van der Waals surface area contributed by atoms with E-state index in [1.165, 1.54) is 23.1 Å². The summed E-state index contributed by atoms with van der Waals surface area (Å²) in [6.07, 6.45) is 1.18. The Morgan fingerprint density at radius 3 is 1.95 bits per heavy atom. The van der Waals surface area contributed by atoms with Crippen molar-refractivity contribution in [3.8, 4) is 11.1 Å². The van der Waals surface area contributed by atoms with E-state index < -0.39 is 0 Å². The number of benzene rings is 2. The largest absolute Gasteiger partial charge is 0.414 e. The van der Waals surface area contributed by atoms with Crippen LogP contribution in [0, 0.1) is 0 Å². The van der Waals surface area contributed by atoms with E-state index in [-0.39, 0.29) is 5.60 Å². The summed E-state index contributed by atoms with van der Waals surface area (Å²) in [5.41, 5.74) is 4.10. The highest BCUT2D eigenvalue weighted by molar-refractivity contribution is 5.98. The molecule has 0 N–H and O–H groups in total. The summed E-state index contributed by atoms with van der Waals surface area (Å²) < 4.78 is 4.74. The molecule has 0 spiro atoms. The van der Waals surface area contributed by atoms with Gasteiger partial charge in [-0.2, -0.15) is 0 Å². The second-order valence-corrected chi connectivity index (χ2v) is 6.68. The fourth-order valence-electron chi connectivity index (χ4n) is 2.03. The third-order valence-corrected chi connectivity index (χ3v) is 4.11. The first-order chi connectivity index (χ1) is 10.4. The molecule has 2 aromatic carbocycles. The van der Waals surface area contributed by atoms with Gasteiger partial charge in [0.15, 0.2) is 0 Å². The molecule has 1 unspecified atom stereocenters. The zero-order chi connectivity index (χ0) is 16.6. The lowest BCUT2D eigenvalue weighted by Gasteiger charge is -2.14. The molecular formula is C20H27OSi. The fourth-order valence-corrected chi connectivity index (χ4v) is 2.03. The molecule has 0 aliphatic carbocycles. The monoisotopic (exact) mass is 311 g/mol. The second kappa shape index (κ2) is 8.91. The van der Waals surface area contributed by atoms with Gasteiger partial charge >= 0.3 is 0 Å². The highest BCUT2D eigenvalue weighted by Crippen LogP contribution is 2.30. The Bertz CT molecular complexity index is 543. The van der Waals surface area contributed by atoms with Gasteiger partial charge in [0, 0.05) is 5.60 Å². The van der Waals surface area contributed by atoms with Crippen molar-refractivity contribution in [1.82, 2.24) is 0 Å². The van der Waals surface area contributed by atoms with Crippen LogP contribution in [0.2, 0.25) is 0 Å². The summed E-state index contributed by atoms with van der Waals surface area (Å²) in [7, 11) is 2.91. The minimum absolute atomic E-state index is 0.0448. The van der Waals surface area contributed by atoms with Crippen LogP contribution in [0.5, 0.6) is 0 Å². The second-order valence-electron chi connectivity index (χ2n) is 6.48. The summed E-state index contributed by atoms with van der Waals surface area (Å²) in [5.74, 6) is 0.622. The van der Waals surface area contributed by atoms with Gasteiger partial charge in [0.2, 0.25) is 10.5 Å². The van der Waals surface area contributed by atoms with Crippen molar-refractivity contribution in [2.24, 2.45) is 0 Å². The van der Waals surface area contributed by atoms with Crippen LogP contribution >= 0.6 is 0 Å². The highest BCUT2D eigenvalue weighted by atomic mass is 28.2. The van der Waals surface area contributed by atoms with Crippen LogP contribution in [0.1, 0.15) is 52.5 Å². The standard InChI is InChI=1S/C16H18.C4H9OSi/c1-3-13(2)15-11-7-8-12-16(15)14-9-5-4-6-10-14;1-4(2,3)5-6/h4-13H,3H2,1-2H3;1-3H3. The molecule has 0 heterocycles. The molecule has 0 aromatic heterocycles. The van der Waals surface area contributed by atoms with Gasteiger partial charge in [0.05, 0.1) is 0 Å². The molecule has 0 aliphatic heterocycles. The predicted octanol–water partition coefficient (Wildman–Crippen LogP) is 5.75. The molecule has 0 bridgehead atoms. The van der Waals surface area contributed by atoms with Gasteiger partial charge in [-0.25, -0.2) is 0 Å². The lowest BCUT2D eigenvalue weighted by atomic mass is 9.90. The van der Waals surface area contributed by atoms with Gasteiger partial charge in [0.1, 0.15) is 0 Å². The maximum Gasteiger partial charge on any atom is 0.246 e. The molecule has 2 aromatic rings. The van der Waals surface area contributed by atoms with Crippen molar-refractivity contribution in [2.75, 3.05) is 0 Å². The smallest absolute Gasteiger partial charge is 0.246 e. The van der Waals surface area contributed by atoms with Crippen molar-refractivity contribution in [1.29, 1.82) is 0 Å². The van der Waals surface area contributed by atoms with Gasteiger partial charge < -0.3 is 4.43 Å². The number of hydrogen-bond acceptors (Lipinski definition) is 1. The molecule has 0 saturated heterocycles. The zero-order valence-corrected chi connectivity index (χ0v) is 15.4. The van der Waals surface area contributed by atoms with Crippen molar-refractivity contribution in [3.05, 3.63) is 60.2 Å². The van der Waals surface area contributed by atoms with Crippen molar-refractivity contribution < 1.29 is 4.43 Å². The van der Waals surface area contributed by atoms with E-state index in [2.05, 4.69) is 78.9 Å². The van der Waals surface area contributed by atoms with Crippen LogP contribution in [0.15, 0.2) is 54.6 Å². The summed E-state index contributed by atoms with van der Waals surface area (Å²) >= 11 is 0. The van der Waals surface area contributed by atoms with Gasteiger partial charge in [-0.3, -0.25) is 0 Å². The van der Waals surface area contributed by atoms with E-state index in [1.54, 1.807) is 0 Å². The van der Waals surface area contributed by atoms with Crippen molar-refractivity contribution >= 4 is 10.5 Å². The minimum Gasteiger partial charge on any atom is -0.414 e. The first-order valence-electron chi connectivity index (χ1n) is 7.88. The molecule has 117 valence electrons. The lowest BCUT2D eigenvalue weighted by molar-refractivity contribution is 0.147. The Labute approximate surface area is 139 Å². The van der Waals surface area contributed by atoms with E-state index in [4.69, 9.17) is 4.43 Å². The van der Waals surface area contributed by atoms with E-state index in [1.807, 2.05) is 20.8 Å². The Balaban J connectivity index is 0.000000346. The third kappa shape index (κ3) is 6.16. The first kappa shape index (κ1) is 18.7. The summed E-state index contributed by atoms with van der Waals surface area (Å²) in [6.45, 7) is 10.5.